The molecule has 10 nitrogen and oxygen atoms in total. The fraction of sp³-hybridized carbons (Fsp3) is 0.370. The number of ether oxygens (including phenoxy) is 1. The van der Waals surface area contributed by atoms with E-state index in [0.29, 0.717) is 37.3 Å². The van der Waals surface area contributed by atoms with Gasteiger partial charge in [0.15, 0.2) is 11.4 Å². The Balaban J connectivity index is 1.17. The Bertz CT molecular complexity index is 1600. The molecule has 0 radical (unpaired) electrons. The second-order valence-electron chi connectivity index (χ2n) is 10.5. The molecule has 4 aromatic rings. The number of nitrogens with one attached hydrogen (secondary N) is 3. The first-order valence-corrected chi connectivity index (χ1v) is 13.2. The largest absolute Gasteiger partial charge is 0.436 e. The molecule has 12 heteroatoms. The standard InChI is InChI=1S/C27H27ClFN7O3/c1-14(8-16-10-15(2)23-19(11-16)30-13-31-23)9-20-33-24(35-34-20)25(37)36-7-3-6-27(12-36)21-18(32-26(38)39-27)5-4-17(28)22(21)29/h4-5,10-11,13-14H,3,6-9,12H2,1-2H3,(H,30,31)(H,32,38)(H,33,34,35)/t14?,27-/m0/s1. The predicted octanol–water partition coefficient (Wildman–Crippen LogP) is 4.90. The number of aryl methyl sites for hydroxylation is 1. The summed E-state index contributed by atoms with van der Waals surface area (Å²) in [5.41, 5.74) is 3.38. The third-order valence-corrected chi connectivity index (χ3v) is 7.73. The smallest absolute Gasteiger partial charge is 0.412 e. The zero-order valence-corrected chi connectivity index (χ0v) is 22.2. The van der Waals surface area contributed by atoms with Crippen molar-refractivity contribution in [2.75, 3.05) is 18.4 Å². The van der Waals surface area contributed by atoms with Crippen molar-refractivity contribution in [3.8, 4) is 0 Å². The van der Waals surface area contributed by atoms with E-state index >= 15 is 4.39 Å². The lowest BCUT2D eigenvalue weighted by molar-refractivity contribution is -0.0420. The number of halogens is 2. The van der Waals surface area contributed by atoms with Gasteiger partial charge in [0.25, 0.3) is 5.91 Å². The summed E-state index contributed by atoms with van der Waals surface area (Å²) >= 11 is 6.05. The summed E-state index contributed by atoms with van der Waals surface area (Å²) in [7, 11) is 0. The maximum atomic E-state index is 15.2. The zero-order valence-electron chi connectivity index (χ0n) is 21.5. The molecule has 2 aliphatic rings. The topological polar surface area (TPSA) is 129 Å². The predicted molar refractivity (Wildman–Crippen MR) is 142 cm³/mol. The highest BCUT2D eigenvalue weighted by Crippen LogP contribution is 2.45. The Morgan fingerprint density at radius 1 is 1.31 bits per heavy atom. The number of benzene rings is 2. The highest BCUT2D eigenvalue weighted by atomic mass is 35.5. The van der Waals surface area contributed by atoms with Crippen LogP contribution in [-0.4, -0.2) is 55.1 Å². The molecule has 3 N–H and O–H groups in total. The number of amides is 2. The lowest BCUT2D eigenvalue weighted by Gasteiger charge is -2.44. The van der Waals surface area contributed by atoms with E-state index in [2.05, 4.69) is 49.5 Å². The molecule has 1 saturated heterocycles. The van der Waals surface area contributed by atoms with Crippen LogP contribution in [0.25, 0.3) is 11.0 Å². The molecule has 1 fully saturated rings. The molecule has 202 valence electrons. The maximum Gasteiger partial charge on any atom is 0.412 e. The van der Waals surface area contributed by atoms with Gasteiger partial charge in [-0.05, 0) is 61.4 Å². The number of imidazole rings is 1. The van der Waals surface area contributed by atoms with Crippen molar-refractivity contribution in [3.63, 3.8) is 0 Å². The summed E-state index contributed by atoms with van der Waals surface area (Å²) < 4.78 is 20.8. The third-order valence-electron chi connectivity index (χ3n) is 7.44. The van der Waals surface area contributed by atoms with Gasteiger partial charge in [-0.3, -0.25) is 15.2 Å². The molecule has 1 unspecified atom stereocenters. The minimum Gasteiger partial charge on any atom is -0.436 e. The summed E-state index contributed by atoms with van der Waals surface area (Å²) in [4.78, 5) is 39.2. The van der Waals surface area contributed by atoms with Crippen LogP contribution in [0.15, 0.2) is 30.6 Å². The first-order valence-electron chi connectivity index (χ1n) is 12.8. The minimum absolute atomic E-state index is 0.0241. The SMILES string of the molecule is Cc1cc(CC(C)Cc2nc(C(=O)N3CCC[C@@]4(C3)OC(=O)Nc3ccc(Cl)c(F)c34)n[nH]2)cc2[nH]cnc12. The van der Waals surface area contributed by atoms with Gasteiger partial charge in [-0.25, -0.2) is 19.2 Å². The zero-order chi connectivity index (χ0) is 27.3. The summed E-state index contributed by atoms with van der Waals surface area (Å²) in [5, 5.41) is 9.51. The molecule has 2 aliphatic heterocycles. The average molecular weight is 552 g/mol. The van der Waals surface area contributed by atoms with Crippen LogP contribution < -0.4 is 5.32 Å². The number of anilines is 1. The molecule has 1 spiro atoms. The first-order chi connectivity index (χ1) is 18.7. The van der Waals surface area contributed by atoms with Crippen molar-refractivity contribution < 1.29 is 18.7 Å². The molecule has 2 atom stereocenters. The van der Waals surface area contributed by atoms with Gasteiger partial charge in [0.2, 0.25) is 5.82 Å². The number of nitrogens with zero attached hydrogens (tertiary/aromatic N) is 4. The molecule has 2 aromatic carbocycles. The van der Waals surface area contributed by atoms with Crippen LogP contribution in [0.2, 0.25) is 5.02 Å². The van der Waals surface area contributed by atoms with Gasteiger partial charge in [-0.15, -0.1) is 5.10 Å². The van der Waals surface area contributed by atoms with Crippen molar-refractivity contribution in [2.24, 2.45) is 5.92 Å². The van der Waals surface area contributed by atoms with Gasteiger partial charge in [-0.2, -0.15) is 0 Å². The quantitative estimate of drug-likeness (QED) is 0.324. The average Bonchev–Trinajstić information content (AvgIpc) is 3.55. The lowest BCUT2D eigenvalue weighted by atomic mass is 9.83. The van der Waals surface area contributed by atoms with Crippen LogP contribution in [0.5, 0.6) is 0 Å². The summed E-state index contributed by atoms with van der Waals surface area (Å²) in [6.45, 7) is 4.54. The van der Waals surface area contributed by atoms with Crippen LogP contribution in [0.4, 0.5) is 14.9 Å². The Hall–Kier alpha value is -3.99. The van der Waals surface area contributed by atoms with E-state index in [0.717, 1.165) is 23.0 Å². The van der Waals surface area contributed by atoms with E-state index < -0.39 is 23.4 Å². The van der Waals surface area contributed by atoms with Crippen LogP contribution in [0.3, 0.4) is 0 Å². The van der Waals surface area contributed by atoms with E-state index in [1.807, 2.05) is 6.92 Å². The van der Waals surface area contributed by atoms with Gasteiger partial charge >= 0.3 is 6.09 Å². The highest BCUT2D eigenvalue weighted by Gasteiger charge is 2.49. The van der Waals surface area contributed by atoms with E-state index in [-0.39, 0.29) is 28.9 Å². The molecule has 39 heavy (non-hydrogen) atoms. The molecule has 2 amide bonds. The number of piperidine rings is 1. The summed E-state index contributed by atoms with van der Waals surface area (Å²) in [5.74, 6) is -0.218. The molecule has 2 aromatic heterocycles. The normalized spacial score (nSPS) is 19.6. The third kappa shape index (κ3) is 4.60. The lowest BCUT2D eigenvalue weighted by Crippen LogP contribution is -2.53. The monoisotopic (exact) mass is 551 g/mol. The summed E-state index contributed by atoms with van der Waals surface area (Å²) in [6, 6.07) is 7.17. The van der Waals surface area contributed by atoms with Gasteiger partial charge < -0.3 is 14.6 Å². The molecule has 6 rings (SSSR count). The molecular formula is C27H27ClFN7O3. The summed E-state index contributed by atoms with van der Waals surface area (Å²) in [6.07, 6.45) is 3.27. The van der Waals surface area contributed by atoms with Gasteiger partial charge in [0.1, 0.15) is 5.82 Å². The Labute approximate surface area is 228 Å². The molecule has 0 saturated carbocycles. The second kappa shape index (κ2) is 9.64. The van der Waals surface area contributed by atoms with E-state index in [1.54, 1.807) is 12.4 Å². The number of hydrogen-bond acceptors (Lipinski definition) is 6. The molecule has 0 bridgehead atoms. The number of fused-ring (bicyclic) bond motifs is 3. The number of hydrogen-bond donors (Lipinski definition) is 3. The van der Waals surface area contributed by atoms with Crippen LogP contribution in [0, 0.1) is 18.7 Å². The number of carbonyl (C=O) groups excluding carboxylic acids is 2. The first kappa shape index (κ1) is 25.3. The number of carbonyl (C=O) groups is 2. The number of aromatic amines is 2. The van der Waals surface area contributed by atoms with E-state index in [4.69, 9.17) is 16.3 Å². The number of likely N-dealkylation sites (tertiary alicyclic amines) is 1. The number of rotatable bonds is 5. The van der Waals surface area contributed by atoms with Crippen LogP contribution in [-0.2, 0) is 23.2 Å². The Kier molecular flexibility index (Phi) is 6.25. The van der Waals surface area contributed by atoms with Crippen molar-refractivity contribution in [3.05, 3.63) is 69.8 Å². The van der Waals surface area contributed by atoms with Crippen molar-refractivity contribution in [1.82, 2.24) is 30.0 Å². The minimum atomic E-state index is -1.35. The second-order valence-corrected chi connectivity index (χ2v) is 10.9. The fourth-order valence-electron chi connectivity index (χ4n) is 5.79. The van der Waals surface area contributed by atoms with Crippen molar-refractivity contribution in [2.45, 2.75) is 45.1 Å². The van der Waals surface area contributed by atoms with Gasteiger partial charge in [0, 0.05) is 13.0 Å². The maximum absolute atomic E-state index is 15.2. The van der Waals surface area contributed by atoms with Crippen molar-refractivity contribution >= 4 is 40.3 Å². The molecule has 0 aliphatic carbocycles. The Morgan fingerprint density at radius 3 is 3.00 bits per heavy atom. The van der Waals surface area contributed by atoms with Crippen molar-refractivity contribution in [1.29, 1.82) is 0 Å². The number of H-pyrrole nitrogens is 2. The number of aromatic nitrogens is 5. The van der Waals surface area contributed by atoms with Gasteiger partial charge in [0.05, 0.1) is 40.2 Å². The fourth-order valence-corrected chi connectivity index (χ4v) is 5.95. The van der Waals surface area contributed by atoms with Crippen LogP contribution in [0.1, 0.15) is 52.9 Å². The Morgan fingerprint density at radius 2 is 2.15 bits per heavy atom. The van der Waals surface area contributed by atoms with Crippen LogP contribution >= 0.6 is 11.6 Å². The van der Waals surface area contributed by atoms with E-state index in [9.17, 15) is 9.59 Å². The molecule has 4 heterocycles. The van der Waals surface area contributed by atoms with E-state index in [1.165, 1.54) is 16.5 Å². The molecular weight excluding hydrogens is 525 g/mol. The highest BCUT2D eigenvalue weighted by molar-refractivity contribution is 6.31. The van der Waals surface area contributed by atoms with Gasteiger partial charge in [-0.1, -0.05) is 24.6 Å².